The molecule has 0 aliphatic rings. The molecule has 0 saturated heterocycles. The lowest BCUT2D eigenvalue weighted by atomic mass is 10.1. The van der Waals surface area contributed by atoms with Gasteiger partial charge in [0.25, 0.3) is 0 Å². The van der Waals surface area contributed by atoms with E-state index in [0.717, 1.165) is 26.9 Å². The molecule has 1 atom stereocenters. The van der Waals surface area contributed by atoms with Crippen molar-refractivity contribution in [2.45, 2.75) is 19.3 Å². The molecule has 0 spiro atoms. The number of aliphatic hydroxyl groups is 1. The highest BCUT2D eigenvalue weighted by atomic mass is 79.9. The summed E-state index contributed by atoms with van der Waals surface area (Å²) in [5.41, 5.74) is 2.74. The van der Waals surface area contributed by atoms with E-state index in [1.165, 1.54) is 0 Å². The van der Waals surface area contributed by atoms with Gasteiger partial charge in [-0.2, -0.15) is 0 Å². The van der Waals surface area contributed by atoms with E-state index in [-0.39, 0.29) is 0 Å². The van der Waals surface area contributed by atoms with Gasteiger partial charge in [0.1, 0.15) is 12.4 Å². The first-order valence-corrected chi connectivity index (χ1v) is 10.4. The van der Waals surface area contributed by atoms with E-state index in [4.69, 9.17) is 27.9 Å². The van der Waals surface area contributed by atoms with E-state index >= 15 is 0 Å². The number of benzene rings is 3. The molecule has 2 N–H and O–H groups in total. The molecule has 28 heavy (non-hydrogen) atoms. The average Bonchev–Trinajstić information content (AvgIpc) is 2.69. The molecule has 0 amide bonds. The largest absolute Gasteiger partial charge is 0.489 e. The summed E-state index contributed by atoms with van der Waals surface area (Å²) in [6.45, 7) is 1.35. The molecule has 146 valence electrons. The quantitative estimate of drug-likeness (QED) is 0.405. The van der Waals surface area contributed by atoms with Crippen LogP contribution < -0.4 is 10.1 Å². The first-order valence-electron chi connectivity index (χ1n) is 8.82. The third-order valence-corrected chi connectivity index (χ3v) is 5.34. The second kappa shape index (κ2) is 10.3. The molecule has 0 radical (unpaired) electrons. The first-order chi connectivity index (χ1) is 13.5. The molecule has 0 bridgehead atoms. The first kappa shape index (κ1) is 21.2. The Morgan fingerprint density at radius 1 is 0.964 bits per heavy atom. The summed E-state index contributed by atoms with van der Waals surface area (Å²) in [5.74, 6) is 0.760. The molecule has 0 aliphatic heterocycles. The van der Waals surface area contributed by atoms with Gasteiger partial charge in [-0.05, 0) is 35.9 Å². The van der Waals surface area contributed by atoms with Gasteiger partial charge in [0.15, 0.2) is 0 Å². The highest BCUT2D eigenvalue weighted by Gasteiger charge is 2.10. The van der Waals surface area contributed by atoms with Crippen LogP contribution in [0.2, 0.25) is 10.0 Å². The minimum Gasteiger partial charge on any atom is -0.489 e. The molecule has 0 aliphatic carbocycles. The number of hydrogen-bond acceptors (Lipinski definition) is 3. The van der Waals surface area contributed by atoms with Crippen molar-refractivity contribution in [3.63, 3.8) is 0 Å². The molecule has 0 saturated carbocycles. The lowest BCUT2D eigenvalue weighted by Crippen LogP contribution is -2.21. The van der Waals surface area contributed by atoms with Crippen molar-refractivity contribution in [3.8, 4) is 5.75 Å². The summed E-state index contributed by atoms with van der Waals surface area (Å²) in [6, 6.07) is 20.8. The predicted octanol–water partition coefficient (Wildman–Crippen LogP) is 6.16. The van der Waals surface area contributed by atoms with E-state index in [1.54, 1.807) is 12.1 Å². The van der Waals surface area contributed by atoms with Crippen LogP contribution in [0.25, 0.3) is 0 Å². The van der Waals surface area contributed by atoms with Gasteiger partial charge in [-0.1, -0.05) is 75.5 Å². The van der Waals surface area contributed by atoms with Gasteiger partial charge in [-0.3, -0.25) is 0 Å². The number of hydrogen-bond donors (Lipinski definition) is 2. The number of rotatable bonds is 8. The normalized spacial score (nSPS) is 12.0. The van der Waals surface area contributed by atoms with Crippen molar-refractivity contribution in [1.29, 1.82) is 0 Å². The average molecular weight is 481 g/mol. The van der Waals surface area contributed by atoms with Gasteiger partial charge in [-0.25, -0.2) is 0 Å². The Balaban J connectivity index is 1.62. The third-order valence-electron chi connectivity index (χ3n) is 4.26. The fraction of sp³-hybridized carbons (Fsp3) is 0.182. The smallest absolute Gasteiger partial charge is 0.124 e. The maximum atomic E-state index is 10.3. The molecule has 0 aromatic heterocycles. The topological polar surface area (TPSA) is 41.5 Å². The van der Waals surface area contributed by atoms with Crippen LogP contribution in [0.1, 0.15) is 22.8 Å². The Morgan fingerprint density at radius 2 is 1.75 bits per heavy atom. The standard InChI is InChI=1S/C22H20BrCl2NO2/c23-18-7-9-22(28-14-16-6-8-19(24)11-20(16)25)17(10-18)12-26-13-21(27)15-4-2-1-3-5-15/h1-11,21,26-27H,12-14H2. The highest BCUT2D eigenvalue weighted by Crippen LogP contribution is 2.26. The zero-order valence-corrected chi connectivity index (χ0v) is 18.1. The zero-order chi connectivity index (χ0) is 19.9. The molecule has 0 fully saturated rings. The van der Waals surface area contributed by atoms with Gasteiger partial charge < -0.3 is 15.2 Å². The molecule has 3 aromatic rings. The predicted molar refractivity (Wildman–Crippen MR) is 118 cm³/mol. The lowest BCUT2D eigenvalue weighted by Gasteiger charge is -2.15. The van der Waals surface area contributed by atoms with Crippen LogP contribution in [-0.4, -0.2) is 11.7 Å². The van der Waals surface area contributed by atoms with E-state index in [9.17, 15) is 5.11 Å². The second-order valence-electron chi connectivity index (χ2n) is 6.33. The van der Waals surface area contributed by atoms with Crippen molar-refractivity contribution in [1.82, 2.24) is 5.32 Å². The van der Waals surface area contributed by atoms with E-state index < -0.39 is 6.10 Å². The summed E-state index contributed by atoms with van der Waals surface area (Å²) in [5, 5.41) is 14.8. The highest BCUT2D eigenvalue weighted by molar-refractivity contribution is 9.10. The molecule has 0 heterocycles. The lowest BCUT2D eigenvalue weighted by molar-refractivity contribution is 0.174. The maximum Gasteiger partial charge on any atom is 0.124 e. The third kappa shape index (κ3) is 5.97. The molecule has 3 aromatic carbocycles. The Morgan fingerprint density at radius 3 is 2.50 bits per heavy atom. The molecule has 3 nitrogen and oxygen atoms in total. The van der Waals surface area contributed by atoms with E-state index in [1.807, 2.05) is 54.6 Å². The Kier molecular flexibility index (Phi) is 7.77. The number of halogens is 3. The minimum atomic E-state index is -0.564. The SMILES string of the molecule is OC(CNCc1cc(Br)ccc1OCc1ccc(Cl)cc1Cl)c1ccccc1. The molecule has 1 unspecified atom stereocenters. The summed E-state index contributed by atoms with van der Waals surface area (Å²) >= 11 is 15.7. The van der Waals surface area contributed by atoms with Crippen LogP contribution in [0.3, 0.4) is 0 Å². The fourth-order valence-electron chi connectivity index (χ4n) is 2.76. The summed E-state index contributed by atoms with van der Waals surface area (Å²) in [7, 11) is 0. The molecule has 6 heteroatoms. The number of ether oxygens (including phenoxy) is 1. The Hall–Kier alpha value is -1.56. The monoisotopic (exact) mass is 479 g/mol. The van der Waals surface area contributed by atoms with Gasteiger partial charge in [0, 0.05) is 38.7 Å². The maximum absolute atomic E-state index is 10.3. The van der Waals surface area contributed by atoms with E-state index in [0.29, 0.717) is 29.7 Å². The Bertz CT molecular complexity index is 922. The van der Waals surface area contributed by atoms with Crippen LogP contribution in [0, 0.1) is 0 Å². The van der Waals surface area contributed by atoms with Crippen molar-refractivity contribution < 1.29 is 9.84 Å². The van der Waals surface area contributed by atoms with Gasteiger partial charge >= 0.3 is 0 Å². The molecular formula is C22H20BrCl2NO2. The van der Waals surface area contributed by atoms with Crippen molar-refractivity contribution >= 4 is 39.1 Å². The minimum absolute atomic E-state index is 0.345. The van der Waals surface area contributed by atoms with Crippen molar-refractivity contribution in [2.24, 2.45) is 0 Å². The number of nitrogens with one attached hydrogen (secondary N) is 1. The van der Waals surface area contributed by atoms with E-state index in [2.05, 4.69) is 21.2 Å². The van der Waals surface area contributed by atoms with Gasteiger partial charge in [-0.15, -0.1) is 0 Å². The number of aliphatic hydroxyl groups excluding tert-OH is 1. The zero-order valence-electron chi connectivity index (χ0n) is 15.0. The summed E-state index contributed by atoms with van der Waals surface area (Å²) in [4.78, 5) is 0. The van der Waals surface area contributed by atoms with Crippen LogP contribution in [0.5, 0.6) is 5.75 Å². The van der Waals surface area contributed by atoms with Gasteiger partial charge in [0.2, 0.25) is 0 Å². The summed E-state index contributed by atoms with van der Waals surface area (Å²) < 4.78 is 6.95. The molecular weight excluding hydrogens is 461 g/mol. The van der Waals surface area contributed by atoms with Crippen molar-refractivity contribution in [3.05, 3.63) is 97.9 Å². The fourth-order valence-corrected chi connectivity index (χ4v) is 3.63. The van der Waals surface area contributed by atoms with Crippen LogP contribution in [0.15, 0.2) is 71.2 Å². The van der Waals surface area contributed by atoms with Crippen LogP contribution in [-0.2, 0) is 13.2 Å². The van der Waals surface area contributed by atoms with Crippen LogP contribution in [0.4, 0.5) is 0 Å². The van der Waals surface area contributed by atoms with Gasteiger partial charge in [0.05, 0.1) is 6.10 Å². The second-order valence-corrected chi connectivity index (χ2v) is 8.09. The Labute approximate surface area is 183 Å². The van der Waals surface area contributed by atoms with Crippen molar-refractivity contribution in [2.75, 3.05) is 6.54 Å². The summed E-state index contributed by atoms with van der Waals surface area (Å²) in [6.07, 6.45) is -0.564. The molecule has 3 rings (SSSR count). The van der Waals surface area contributed by atoms with Crippen LogP contribution >= 0.6 is 39.1 Å².